The molecule has 0 aliphatic carbocycles. The Morgan fingerprint density at radius 2 is 2.13 bits per heavy atom. The van der Waals surface area contributed by atoms with Crippen LogP contribution in [0.1, 0.15) is 25.8 Å². The highest BCUT2D eigenvalue weighted by atomic mass is 16.1. The molecular weight excluding hydrogens is 290 g/mol. The zero-order chi connectivity index (χ0) is 16.7. The summed E-state index contributed by atoms with van der Waals surface area (Å²) in [5, 5.41) is 6.03. The Morgan fingerprint density at radius 3 is 2.74 bits per heavy atom. The number of pyridine rings is 1. The molecule has 5 nitrogen and oxygen atoms in total. The van der Waals surface area contributed by atoms with Crippen LogP contribution in [0.3, 0.4) is 0 Å². The van der Waals surface area contributed by atoms with Gasteiger partial charge in [0.1, 0.15) is 5.78 Å². The summed E-state index contributed by atoms with van der Waals surface area (Å²) in [6.07, 6.45) is 5.21. The number of benzene rings is 1. The first-order chi connectivity index (χ1) is 11.2. The van der Waals surface area contributed by atoms with Gasteiger partial charge in [-0.3, -0.25) is 9.78 Å². The fourth-order valence-electron chi connectivity index (χ4n) is 2.47. The predicted molar refractivity (Wildman–Crippen MR) is 92.5 cm³/mol. The van der Waals surface area contributed by atoms with Crippen LogP contribution in [0.5, 0.6) is 0 Å². The Bertz CT molecular complexity index is 684. The van der Waals surface area contributed by atoms with Crippen LogP contribution in [-0.2, 0) is 16.0 Å². The summed E-state index contributed by atoms with van der Waals surface area (Å²) in [7, 11) is 0. The van der Waals surface area contributed by atoms with Gasteiger partial charge >= 0.3 is 0 Å². The van der Waals surface area contributed by atoms with Gasteiger partial charge in [-0.1, -0.05) is 6.07 Å². The monoisotopic (exact) mass is 311 g/mol. The maximum absolute atomic E-state index is 11.3. The predicted octanol–water partition coefficient (Wildman–Crippen LogP) is 3.27. The SMILES string of the molecule is CCNc1cc(-c2cccnc2)cc(CCC(C)=O)c1NC=O. The van der Waals surface area contributed by atoms with E-state index in [1.165, 1.54) is 0 Å². The zero-order valence-corrected chi connectivity index (χ0v) is 13.4. The third kappa shape index (κ3) is 4.39. The van der Waals surface area contributed by atoms with E-state index < -0.39 is 0 Å². The average molecular weight is 311 g/mol. The molecule has 0 saturated heterocycles. The topological polar surface area (TPSA) is 71.1 Å². The summed E-state index contributed by atoms with van der Waals surface area (Å²) in [5.74, 6) is 0.124. The van der Waals surface area contributed by atoms with Crippen molar-refractivity contribution >= 4 is 23.6 Å². The minimum atomic E-state index is 0.124. The summed E-state index contributed by atoms with van der Waals surface area (Å²) < 4.78 is 0. The standard InChI is InChI=1S/C18H21N3O2/c1-3-20-17-10-16(15-5-4-8-19-11-15)9-14(7-6-13(2)23)18(17)21-12-22/h4-5,8-12,20H,3,6-7H2,1-2H3,(H,21,22). The molecule has 120 valence electrons. The van der Waals surface area contributed by atoms with Crippen molar-refractivity contribution in [1.82, 2.24) is 4.98 Å². The van der Waals surface area contributed by atoms with Gasteiger partial charge in [-0.2, -0.15) is 0 Å². The molecule has 0 atom stereocenters. The van der Waals surface area contributed by atoms with Gasteiger partial charge in [0.05, 0.1) is 11.4 Å². The first-order valence-electron chi connectivity index (χ1n) is 7.66. The van der Waals surface area contributed by atoms with E-state index in [4.69, 9.17) is 0 Å². The van der Waals surface area contributed by atoms with Crippen LogP contribution in [0.2, 0.25) is 0 Å². The molecular formula is C18H21N3O2. The lowest BCUT2D eigenvalue weighted by Crippen LogP contribution is -2.07. The molecule has 0 fully saturated rings. The van der Waals surface area contributed by atoms with E-state index in [-0.39, 0.29) is 5.78 Å². The molecule has 0 bridgehead atoms. The van der Waals surface area contributed by atoms with Crippen LogP contribution in [-0.4, -0.2) is 23.7 Å². The number of nitrogens with one attached hydrogen (secondary N) is 2. The molecule has 0 radical (unpaired) electrons. The van der Waals surface area contributed by atoms with E-state index in [1.54, 1.807) is 19.3 Å². The summed E-state index contributed by atoms with van der Waals surface area (Å²) in [6, 6.07) is 7.87. The molecule has 1 aromatic heterocycles. The highest BCUT2D eigenvalue weighted by Crippen LogP contribution is 2.33. The van der Waals surface area contributed by atoms with E-state index in [0.29, 0.717) is 19.3 Å². The molecule has 0 aliphatic rings. The summed E-state index contributed by atoms with van der Waals surface area (Å²) >= 11 is 0. The number of rotatable bonds is 8. The largest absolute Gasteiger partial charge is 0.384 e. The third-order valence-electron chi connectivity index (χ3n) is 3.53. The Hall–Kier alpha value is -2.69. The Morgan fingerprint density at radius 1 is 1.30 bits per heavy atom. The number of ketones is 1. The summed E-state index contributed by atoms with van der Waals surface area (Å²) in [5.41, 5.74) is 4.51. The molecule has 1 aromatic carbocycles. The van der Waals surface area contributed by atoms with Crippen LogP contribution in [0.4, 0.5) is 11.4 Å². The van der Waals surface area contributed by atoms with Crippen LogP contribution < -0.4 is 10.6 Å². The second kappa shape index (κ2) is 8.08. The lowest BCUT2D eigenvalue weighted by Gasteiger charge is -2.17. The van der Waals surface area contributed by atoms with E-state index >= 15 is 0 Å². The molecule has 2 aromatic rings. The van der Waals surface area contributed by atoms with Crippen molar-refractivity contribution in [3.63, 3.8) is 0 Å². The van der Waals surface area contributed by atoms with E-state index in [0.717, 1.165) is 34.6 Å². The smallest absolute Gasteiger partial charge is 0.211 e. The number of carbonyl (C=O) groups excluding carboxylic acids is 2. The molecule has 5 heteroatoms. The third-order valence-corrected chi connectivity index (χ3v) is 3.53. The van der Waals surface area contributed by atoms with Crippen molar-refractivity contribution in [1.29, 1.82) is 0 Å². The van der Waals surface area contributed by atoms with Crippen molar-refractivity contribution < 1.29 is 9.59 Å². The molecule has 2 rings (SSSR count). The van der Waals surface area contributed by atoms with Gasteiger partial charge in [0.2, 0.25) is 6.41 Å². The number of anilines is 2. The lowest BCUT2D eigenvalue weighted by molar-refractivity contribution is -0.117. The number of aromatic nitrogens is 1. The van der Waals surface area contributed by atoms with Crippen molar-refractivity contribution in [2.45, 2.75) is 26.7 Å². The Labute approximate surface area is 136 Å². The first-order valence-corrected chi connectivity index (χ1v) is 7.66. The number of aryl methyl sites for hydroxylation is 1. The Kier molecular flexibility index (Phi) is 5.86. The molecule has 0 spiro atoms. The minimum Gasteiger partial charge on any atom is -0.384 e. The molecule has 1 amide bonds. The van der Waals surface area contributed by atoms with E-state index in [2.05, 4.69) is 15.6 Å². The molecule has 0 aliphatic heterocycles. The number of nitrogens with zero attached hydrogens (tertiary/aromatic N) is 1. The fourth-order valence-corrected chi connectivity index (χ4v) is 2.47. The fraction of sp³-hybridized carbons (Fsp3) is 0.278. The molecule has 0 unspecified atom stereocenters. The van der Waals surface area contributed by atoms with Gasteiger partial charge in [-0.25, -0.2) is 0 Å². The van der Waals surface area contributed by atoms with Crippen molar-refractivity contribution in [2.24, 2.45) is 0 Å². The van der Waals surface area contributed by atoms with Crippen LogP contribution >= 0.6 is 0 Å². The maximum Gasteiger partial charge on any atom is 0.211 e. The summed E-state index contributed by atoms with van der Waals surface area (Å²) in [6.45, 7) is 4.30. The van der Waals surface area contributed by atoms with Gasteiger partial charge in [-0.05, 0) is 49.6 Å². The second-order valence-corrected chi connectivity index (χ2v) is 5.29. The van der Waals surface area contributed by atoms with E-state index in [1.807, 2.05) is 31.2 Å². The van der Waals surface area contributed by atoms with Gasteiger partial charge < -0.3 is 15.4 Å². The first kappa shape index (κ1) is 16.7. The molecule has 2 N–H and O–H groups in total. The van der Waals surface area contributed by atoms with Gasteiger partial charge in [0.15, 0.2) is 0 Å². The number of hydrogen-bond donors (Lipinski definition) is 2. The Balaban J connectivity index is 2.52. The quantitative estimate of drug-likeness (QED) is 0.734. The highest BCUT2D eigenvalue weighted by Gasteiger charge is 2.12. The van der Waals surface area contributed by atoms with Crippen LogP contribution in [0.25, 0.3) is 11.1 Å². The van der Waals surface area contributed by atoms with Crippen LogP contribution in [0.15, 0.2) is 36.7 Å². The number of carbonyl (C=O) groups is 2. The zero-order valence-electron chi connectivity index (χ0n) is 13.4. The lowest BCUT2D eigenvalue weighted by atomic mass is 9.98. The van der Waals surface area contributed by atoms with Gasteiger partial charge in [0, 0.05) is 30.9 Å². The van der Waals surface area contributed by atoms with Crippen LogP contribution in [0, 0.1) is 0 Å². The molecule has 1 heterocycles. The number of Topliss-reactive ketones (excluding diaryl/α,β-unsaturated/α-hetero) is 1. The number of amides is 1. The highest BCUT2D eigenvalue weighted by molar-refractivity contribution is 5.87. The van der Waals surface area contributed by atoms with Crippen molar-refractivity contribution in [3.05, 3.63) is 42.2 Å². The minimum absolute atomic E-state index is 0.124. The normalized spacial score (nSPS) is 10.2. The van der Waals surface area contributed by atoms with Gasteiger partial charge in [-0.15, -0.1) is 0 Å². The molecule has 0 saturated carbocycles. The average Bonchev–Trinajstić information content (AvgIpc) is 2.56. The van der Waals surface area contributed by atoms with Gasteiger partial charge in [0.25, 0.3) is 0 Å². The van der Waals surface area contributed by atoms with Crippen molar-refractivity contribution in [3.8, 4) is 11.1 Å². The van der Waals surface area contributed by atoms with Crippen molar-refractivity contribution in [2.75, 3.05) is 17.2 Å². The molecule has 23 heavy (non-hydrogen) atoms. The summed E-state index contributed by atoms with van der Waals surface area (Å²) in [4.78, 5) is 26.4. The second-order valence-electron chi connectivity index (χ2n) is 5.29. The van der Waals surface area contributed by atoms with E-state index in [9.17, 15) is 9.59 Å². The maximum atomic E-state index is 11.3. The number of hydrogen-bond acceptors (Lipinski definition) is 4.